The van der Waals surface area contributed by atoms with Crippen LogP contribution in [0.15, 0.2) is 29.1 Å². The third kappa shape index (κ3) is 3.04. The predicted octanol–water partition coefficient (Wildman–Crippen LogP) is 1.78. The Kier molecular flexibility index (Phi) is 3.41. The summed E-state index contributed by atoms with van der Waals surface area (Å²) in [6.45, 7) is 3.32. The van der Waals surface area contributed by atoms with Gasteiger partial charge in [0.1, 0.15) is 11.6 Å². The summed E-state index contributed by atoms with van der Waals surface area (Å²) in [6, 6.07) is 5.40. The summed E-state index contributed by atoms with van der Waals surface area (Å²) in [5.74, 6) is -0.677. The zero-order chi connectivity index (χ0) is 14.0. The molecule has 5 nitrogen and oxygen atoms in total. The molecule has 0 radical (unpaired) electrons. The minimum Gasteiger partial charge on any atom is -0.310 e. The van der Waals surface area contributed by atoms with E-state index in [2.05, 4.69) is 15.3 Å². The molecule has 0 atom stereocenters. The number of nitrogens with zero attached hydrogens (tertiary/aromatic N) is 1. The number of aryl methyl sites for hydroxylation is 2. The molecule has 1 heterocycles. The summed E-state index contributed by atoms with van der Waals surface area (Å²) >= 11 is 0. The lowest BCUT2D eigenvalue weighted by Crippen LogP contribution is -2.19. The summed E-state index contributed by atoms with van der Waals surface area (Å²) in [4.78, 5) is 29.3. The van der Waals surface area contributed by atoms with Gasteiger partial charge in [-0.2, -0.15) is 4.98 Å². The van der Waals surface area contributed by atoms with Crippen LogP contribution in [0.25, 0.3) is 0 Å². The molecular weight excluding hydrogens is 249 g/mol. The zero-order valence-corrected chi connectivity index (χ0v) is 10.5. The SMILES string of the molecule is Cc1cc(NC(=O)c2ccc(F)cc2C)nc(=O)[nH]1. The van der Waals surface area contributed by atoms with Gasteiger partial charge in [0.05, 0.1) is 0 Å². The summed E-state index contributed by atoms with van der Waals surface area (Å²) < 4.78 is 13.0. The number of anilines is 1. The normalized spacial score (nSPS) is 10.3. The van der Waals surface area contributed by atoms with Gasteiger partial charge in [0.2, 0.25) is 0 Å². The molecule has 2 N–H and O–H groups in total. The topological polar surface area (TPSA) is 74.8 Å². The van der Waals surface area contributed by atoms with Crippen LogP contribution >= 0.6 is 0 Å². The first-order chi connectivity index (χ1) is 8.95. The van der Waals surface area contributed by atoms with Crippen molar-refractivity contribution in [2.24, 2.45) is 0 Å². The minimum atomic E-state index is -0.536. The lowest BCUT2D eigenvalue weighted by Gasteiger charge is -2.07. The maximum absolute atomic E-state index is 13.0. The number of H-pyrrole nitrogens is 1. The van der Waals surface area contributed by atoms with Crippen LogP contribution in [0.2, 0.25) is 0 Å². The van der Waals surface area contributed by atoms with Gasteiger partial charge in [-0.05, 0) is 37.6 Å². The predicted molar refractivity (Wildman–Crippen MR) is 68.7 cm³/mol. The van der Waals surface area contributed by atoms with E-state index >= 15 is 0 Å². The van der Waals surface area contributed by atoms with Gasteiger partial charge in [0.15, 0.2) is 0 Å². The first-order valence-electron chi connectivity index (χ1n) is 5.61. The molecule has 0 fully saturated rings. The highest BCUT2D eigenvalue weighted by atomic mass is 19.1. The fourth-order valence-corrected chi connectivity index (χ4v) is 1.71. The molecule has 1 aromatic carbocycles. The van der Waals surface area contributed by atoms with Crippen molar-refractivity contribution in [2.45, 2.75) is 13.8 Å². The average molecular weight is 261 g/mol. The number of aromatic amines is 1. The van der Waals surface area contributed by atoms with Crippen LogP contribution in [-0.2, 0) is 0 Å². The number of aromatic nitrogens is 2. The summed E-state index contributed by atoms with van der Waals surface area (Å²) in [7, 11) is 0. The Labute approximate surface area is 108 Å². The summed E-state index contributed by atoms with van der Waals surface area (Å²) in [6.07, 6.45) is 0. The molecule has 0 bridgehead atoms. The molecule has 0 unspecified atom stereocenters. The monoisotopic (exact) mass is 261 g/mol. The Balaban J connectivity index is 2.28. The van der Waals surface area contributed by atoms with E-state index in [1.807, 2.05) is 0 Å². The van der Waals surface area contributed by atoms with Crippen LogP contribution in [0.4, 0.5) is 10.2 Å². The van der Waals surface area contributed by atoms with Crippen molar-refractivity contribution in [1.82, 2.24) is 9.97 Å². The Bertz CT molecular complexity index is 695. The van der Waals surface area contributed by atoms with Crippen LogP contribution in [0, 0.1) is 19.7 Å². The van der Waals surface area contributed by atoms with Gasteiger partial charge in [0, 0.05) is 17.3 Å². The fourth-order valence-electron chi connectivity index (χ4n) is 1.71. The molecule has 0 aliphatic heterocycles. The molecular formula is C13H12FN3O2. The van der Waals surface area contributed by atoms with Gasteiger partial charge < -0.3 is 10.3 Å². The third-order valence-corrected chi connectivity index (χ3v) is 2.55. The molecule has 1 amide bonds. The average Bonchev–Trinajstić information content (AvgIpc) is 2.26. The second-order valence-electron chi connectivity index (χ2n) is 4.17. The highest BCUT2D eigenvalue weighted by Gasteiger charge is 2.11. The largest absolute Gasteiger partial charge is 0.347 e. The number of halogens is 1. The molecule has 0 spiro atoms. The number of nitrogens with one attached hydrogen (secondary N) is 2. The summed E-state index contributed by atoms with van der Waals surface area (Å²) in [5, 5.41) is 2.51. The van der Waals surface area contributed by atoms with E-state index in [1.165, 1.54) is 24.3 Å². The number of carbonyl (C=O) groups is 1. The van der Waals surface area contributed by atoms with Crippen molar-refractivity contribution in [3.8, 4) is 0 Å². The smallest absolute Gasteiger partial charge is 0.310 e. The van der Waals surface area contributed by atoms with Gasteiger partial charge in [-0.15, -0.1) is 0 Å². The van der Waals surface area contributed by atoms with E-state index in [0.29, 0.717) is 16.8 Å². The van der Waals surface area contributed by atoms with E-state index in [9.17, 15) is 14.0 Å². The third-order valence-electron chi connectivity index (χ3n) is 2.55. The lowest BCUT2D eigenvalue weighted by molar-refractivity contribution is 0.102. The number of hydrogen-bond donors (Lipinski definition) is 2. The number of rotatable bonds is 2. The second kappa shape index (κ2) is 5.01. The van der Waals surface area contributed by atoms with Crippen molar-refractivity contribution in [2.75, 3.05) is 5.32 Å². The minimum absolute atomic E-state index is 0.162. The van der Waals surface area contributed by atoms with Crippen LogP contribution in [0.3, 0.4) is 0 Å². The van der Waals surface area contributed by atoms with Crippen LogP contribution in [0.5, 0.6) is 0 Å². The fraction of sp³-hybridized carbons (Fsp3) is 0.154. The molecule has 0 aliphatic rings. The van der Waals surface area contributed by atoms with Gasteiger partial charge in [-0.1, -0.05) is 0 Å². The zero-order valence-electron chi connectivity index (χ0n) is 10.5. The first-order valence-corrected chi connectivity index (χ1v) is 5.61. The molecule has 2 aromatic rings. The Morgan fingerprint density at radius 2 is 2.05 bits per heavy atom. The van der Waals surface area contributed by atoms with E-state index < -0.39 is 17.4 Å². The number of benzene rings is 1. The number of amides is 1. The Morgan fingerprint density at radius 1 is 1.32 bits per heavy atom. The molecule has 2 rings (SSSR count). The lowest BCUT2D eigenvalue weighted by atomic mass is 10.1. The van der Waals surface area contributed by atoms with Gasteiger partial charge in [-0.25, -0.2) is 9.18 Å². The maximum Gasteiger partial charge on any atom is 0.347 e. The number of hydrogen-bond acceptors (Lipinski definition) is 3. The molecule has 98 valence electrons. The Hall–Kier alpha value is -2.50. The standard InChI is InChI=1S/C13H12FN3O2/c1-7-5-9(14)3-4-10(7)12(18)16-11-6-8(2)15-13(19)17-11/h3-6H,1-2H3,(H2,15,16,17,18,19). The maximum atomic E-state index is 13.0. The molecule has 0 aliphatic carbocycles. The summed E-state index contributed by atoms with van der Waals surface area (Å²) in [5.41, 5.74) is 0.900. The quantitative estimate of drug-likeness (QED) is 0.865. The van der Waals surface area contributed by atoms with Crippen molar-refractivity contribution in [1.29, 1.82) is 0 Å². The van der Waals surface area contributed by atoms with Crippen LogP contribution in [-0.4, -0.2) is 15.9 Å². The number of carbonyl (C=O) groups excluding carboxylic acids is 1. The highest BCUT2D eigenvalue weighted by Crippen LogP contribution is 2.12. The molecule has 19 heavy (non-hydrogen) atoms. The molecule has 0 saturated carbocycles. The second-order valence-corrected chi connectivity index (χ2v) is 4.17. The van der Waals surface area contributed by atoms with Gasteiger partial charge >= 0.3 is 5.69 Å². The Morgan fingerprint density at radius 3 is 2.68 bits per heavy atom. The van der Waals surface area contributed by atoms with Crippen molar-refractivity contribution < 1.29 is 9.18 Å². The first kappa shape index (κ1) is 12.9. The molecule has 6 heteroatoms. The van der Waals surface area contributed by atoms with Gasteiger partial charge in [0.25, 0.3) is 5.91 Å². The van der Waals surface area contributed by atoms with E-state index in [1.54, 1.807) is 13.8 Å². The van der Waals surface area contributed by atoms with Crippen molar-refractivity contribution in [3.63, 3.8) is 0 Å². The van der Waals surface area contributed by atoms with E-state index in [-0.39, 0.29) is 5.82 Å². The van der Waals surface area contributed by atoms with Crippen LogP contribution in [0.1, 0.15) is 21.6 Å². The highest BCUT2D eigenvalue weighted by molar-refractivity contribution is 6.04. The molecule has 1 aromatic heterocycles. The van der Waals surface area contributed by atoms with Crippen LogP contribution < -0.4 is 11.0 Å². The molecule has 0 saturated heterocycles. The van der Waals surface area contributed by atoms with E-state index in [4.69, 9.17) is 0 Å². The van der Waals surface area contributed by atoms with Gasteiger partial charge in [-0.3, -0.25) is 4.79 Å². The van der Waals surface area contributed by atoms with E-state index in [0.717, 1.165) is 0 Å². The van der Waals surface area contributed by atoms with Crippen molar-refractivity contribution >= 4 is 11.7 Å². The van der Waals surface area contributed by atoms with Crippen molar-refractivity contribution in [3.05, 3.63) is 57.4 Å².